The zero-order valence-corrected chi connectivity index (χ0v) is 8.47. The normalized spacial score (nSPS) is 8.79. The van der Waals surface area contributed by atoms with Gasteiger partial charge in [-0.2, -0.15) is 5.26 Å². The van der Waals surface area contributed by atoms with E-state index in [1.54, 1.807) is 6.19 Å². The minimum Gasteiger partial charge on any atom is -0.362 e. The smallest absolute Gasteiger partial charge is 0.183 e. The Morgan fingerprint density at radius 2 is 2.07 bits per heavy atom. The van der Waals surface area contributed by atoms with Crippen LogP contribution in [0.15, 0.2) is 30.3 Å². The fourth-order valence-corrected chi connectivity index (χ4v) is 1.21. The van der Waals surface area contributed by atoms with E-state index in [4.69, 9.17) is 17.5 Å². The first kappa shape index (κ1) is 10.5. The minimum absolute atomic E-state index is 0.378. The van der Waals surface area contributed by atoms with Gasteiger partial charge in [-0.1, -0.05) is 30.3 Å². The molecule has 0 amide bonds. The number of thiocarbonyl (C=S) groups is 1. The van der Waals surface area contributed by atoms with Crippen molar-refractivity contribution >= 4 is 17.3 Å². The van der Waals surface area contributed by atoms with Crippen LogP contribution in [0.1, 0.15) is 5.56 Å². The van der Waals surface area contributed by atoms with Crippen molar-refractivity contribution in [2.75, 3.05) is 6.54 Å². The lowest BCUT2D eigenvalue weighted by molar-refractivity contribution is 0.858. The molecule has 0 bridgehead atoms. The Labute approximate surface area is 88.7 Å². The van der Waals surface area contributed by atoms with Gasteiger partial charge in [0.2, 0.25) is 0 Å². The van der Waals surface area contributed by atoms with Crippen LogP contribution in [0.5, 0.6) is 0 Å². The molecule has 4 heteroatoms. The summed E-state index contributed by atoms with van der Waals surface area (Å²) >= 11 is 4.82. The highest BCUT2D eigenvalue weighted by molar-refractivity contribution is 7.80. The predicted octanol–water partition coefficient (Wildman–Crippen LogP) is 1.17. The van der Waals surface area contributed by atoms with Gasteiger partial charge in [-0.3, -0.25) is 5.32 Å². The van der Waals surface area contributed by atoms with E-state index in [1.165, 1.54) is 5.56 Å². The molecular weight excluding hydrogens is 194 g/mol. The maximum Gasteiger partial charge on any atom is 0.183 e. The van der Waals surface area contributed by atoms with Crippen LogP contribution < -0.4 is 10.6 Å². The van der Waals surface area contributed by atoms with E-state index >= 15 is 0 Å². The molecule has 0 radical (unpaired) electrons. The summed E-state index contributed by atoms with van der Waals surface area (Å²) in [7, 11) is 0. The van der Waals surface area contributed by atoms with Crippen molar-refractivity contribution in [3.8, 4) is 6.19 Å². The maximum absolute atomic E-state index is 8.26. The van der Waals surface area contributed by atoms with E-state index in [0.29, 0.717) is 5.11 Å². The molecule has 0 atom stereocenters. The van der Waals surface area contributed by atoms with Crippen LogP contribution in [0, 0.1) is 11.5 Å². The lowest BCUT2D eigenvalue weighted by atomic mass is 10.1. The highest BCUT2D eigenvalue weighted by Crippen LogP contribution is 1.97. The Balaban J connectivity index is 2.23. The van der Waals surface area contributed by atoms with Crippen molar-refractivity contribution in [2.45, 2.75) is 6.42 Å². The van der Waals surface area contributed by atoms with Crippen molar-refractivity contribution in [1.82, 2.24) is 10.6 Å². The van der Waals surface area contributed by atoms with E-state index in [2.05, 4.69) is 22.8 Å². The highest BCUT2D eigenvalue weighted by Gasteiger charge is 1.93. The minimum atomic E-state index is 0.378. The van der Waals surface area contributed by atoms with E-state index in [-0.39, 0.29) is 0 Å². The Hall–Kier alpha value is -1.60. The molecule has 3 nitrogen and oxygen atoms in total. The Kier molecular flexibility index (Phi) is 4.45. The quantitative estimate of drug-likeness (QED) is 0.442. The van der Waals surface area contributed by atoms with Crippen molar-refractivity contribution < 1.29 is 0 Å². The van der Waals surface area contributed by atoms with Gasteiger partial charge in [-0.25, -0.2) is 0 Å². The van der Waals surface area contributed by atoms with Gasteiger partial charge < -0.3 is 5.32 Å². The van der Waals surface area contributed by atoms with Gasteiger partial charge in [0.15, 0.2) is 11.3 Å². The van der Waals surface area contributed by atoms with Crippen LogP contribution in [0.25, 0.3) is 0 Å². The number of nitrogens with zero attached hydrogens (tertiary/aromatic N) is 1. The first-order chi connectivity index (χ1) is 6.83. The third-order valence-electron chi connectivity index (χ3n) is 1.71. The first-order valence-corrected chi connectivity index (χ1v) is 4.70. The van der Waals surface area contributed by atoms with Gasteiger partial charge in [0.05, 0.1) is 0 Å². The van der Waals surface area contributed by atoms with Gasteiger partial charge in [0.25, 0.3) is 0 Å². The molecule has 0 aliphatic rings. The molecule has 0 saturated carbocycles. The predicted molar refractivity (Wildman–Crippen MR) is 59.5 cm³/mol. The van der Waals surface area contributed by atoms with Crippen LogP contribution in [-0.4, -0.2) is 11.7 Å². The SMILES string of the molecule is N#CNC(=S)NCCc1ccccc1. The van der Waals surface area contributed by atoms with Crippen molar-refractivity contribution in [3.63, 3.8) is 0 Å². The van der Waals surface area contributed by atoms with Crippen LogP contribution >= 0.6 is 12.2 Å². The second kappa shape index (κ2) is 5.95. The van der Waals surface area contributed by atoms with Crippen molar-refractivity contribution in [3.05, 3.63) is 35.9 Å². The Morgan fingerprint density at radius 3 is 2.71 bits per heavy atom. The summed E-state index contributed by atoms with van der Waals surface area (Å²) < 4.78 is 0. The molecule has 14 heavy (non-hydrogen) atoms. The second-order valence-electron chi connectivity index (χ2n) is 2.73. The number of hydrogen-bond acceptors (Lipinski definition) is 2. The maximum atomic E-state index is 8.26. The van der Waals surface area contributed by atoms with E-state index in [1.807, 2.05) is 18.2 Å². The van der Waals surface area contributed by atoms with Crippen LogP contribution in [0.4, 0.5) is 0 Å². The van der Waals surface area contributed by atoms with Crippen molar-refractivity contribution in [1.29, 1.82) is 5.26 Å². The summed E-state index contributed by atoms with van der Waals surface area (Å²) in [5, 5.41) is 13.9. The Bertz CT molecular complexity index is 329. The molecule has 0 heterocycles. The van der Waals surface area contributed by atoms with Crippen LogP contribution in [0.3, 0.4) is 0 Å². The molecule has 0 aliphatic carbocycles. The van der Waals surface area contributed by atoms with Gasteiger partial charge >= 0.3 is 0 Å². The molecule has 0 saturated heterocycles. The van der Waals surface area contributed by atoms with Gasteiger partial charge in [0, 0.05) is 6.54 Å². The van der Waals surface area contributed by atoms with E-state index in [9.17, 15) is 0 Å². The van der Waals surface area contributed by atoms with Crippen LogP contribution in [0.2, 0.25) is 0 Å². The third kappa shape index (κ3) is 3.87. The van der Waals surface area contributed by atoms with Crippen LogP contribution in [-0.2, 0) is 6.42 Å². The number of hydrogen-bond donors (Lipinski definition) is 2. The molecule has 1 rings (SSSR count). The summed E-state index contributed by atoms with van der Waals surface area (Å²) in [4.78, 5) is 0. The summed E-state index contributed by atoms with van der Waals surface area (Å²) in [6.07, 6.45) is 2.66. The molecule has 1 aromatic carbocycles. The summed E-state index contributed by atoms with van der Waals surface area (Å²) in [5.74, 6) is 0. The Morgan fingerprint density at radius 1 is 1.36 bits per heavy atom. The average Bonchev–Trinajstić information content (AvgIpc) is 2.20. The zero-order valence-electron chi connectivity index (χ0n) is 7.66. The fraction of sp³-hybridized carbons (Fsp3) is 0.200. The van der Waals surface area contributed by atoms with E-state index < -0.39 is 0 Å². The number of nitriles is 1. The highest BCUT2D eigenvalue weighted by atomic mass is 32.1. The van der Waals surface area contributed by atoms with E-state index in [0.717, 1.165) is 13.0 Å². The fourth-order valence-electron chi connectivity index (χ4n) is 1.06. The number of nitrogens with one attached hydrogen (secondary N) is 2. The zero-order chi connectivity index (χ0) is 10.2. The van der Waals surface area contributed by atoms with Gasteiger partial charge in [0.1, 0.15) is 0 Å². The molecule has 1 aromatic rings. The molecule has 0 aromatic heterocycles. The second-order valence-corrected chi connectivity index (χ2v) is 3.14. The summed E-state index contributed by atoms with van der Waals surface area (Å²) in [5.41, 5.74) is 1.25. The average molecular weight is 205 g/mol. The largest absolute Gasteiger partial charge is 0.362 e. The van der Waals surface area contributed by atoms with Crippen molar-refractivity contribution in [2.24, 2.45) is 0 Å². The number of rotatable bonds is 3. The monoisotopic (exact) mass is 205 g/mol. The molecule has 0 unspecified atom stereocenters. The topological polar surface area (TPSA) is 47.9 Å². The molecule has 0 spiro atoms. The molecule has 0 aliphatic heterocycles. The standard InChI is InChI=1S/C10H11N3S/c11-8-13-10(14)12-7-6-9-4-2-1-3-5-9/h1-5H,6-7H2,(H2,12,13,14). The summed E-state index contributed by atoms with van der Waals surface area (Å²) in [6.45, 7) is 0.734. The number of benzene rings is 1. The summed E-state index contributed by atoms with van der Waals surface area (Å²) in [6, 6.07) is 10.1. The third-order valence-corrected chi connectivity index (χ3v) is 1.96. The molecule has 2 N–H and O–H groups in total. The van der Waals surface area contributed by atoms with Gasteiger partial charge in [-0.15, -0.1) is 0 Å². The first-order valence-electron chi connectivity index (χ1n) is 4.30. The molecular formula is C10H11N3S. The molecule has 72 valence electrons. The lowest BCUT2D eigenvalue weighted by Gasteiger charge is -2.04. The van der Waals surface area contributed by atoms with Gasteiger partial charge in [-0.05, 0) is 24.2 Å². The lowest BCUT2D eigenvalue weighted by Crippen LogP contribution is -2.33. The molecule has 0 fully saturated rings.